The van der Waals surface area contributed by atoms with E-state index in [0.29, 0.717) is 6.04 Å². The van der Waals surface area contributed by atoms with E-state index in [1.807, 2.05) is 0 Å². The van der Waals surface area contributed by atoms with Crippen LogP contribution in [0.15, 0.2) is 23.4 Å². The van der Waals surface area contributed by atoms with E-state index >= 15 is 0 Å². The fourth-order valence-electron chi connectivity index (χ4n) is 0.925. The minimum Gasteiger partial charge on any atom is -0.385 e. The second-order valence-corrected chi connectivity index (χ2v) is 2.63. The van der Waals surface area contributed by atoms with E-state index in [9.17, 15) is 0 Å². The number of nitrogens with one attached hydrogen (secondary N) is 1. The molecule has 0 radical (unpaired) electrons. The van der Waals surface area contributed by atoms with Crippen molar-refractivity contribution in [2.45, 2.75) is 26.8 Å². The van der Waals surface area contributed by atoms with Gasteiger partial charge in [0.1, 0.15) is 0 Å². The van der Waals surface area contributed by atoms with Crippen molar-refractivity contribution in [3.63, 3.8) is 0 Å². The molecule has 0 saturated heterocycles. The van der Waals surface area contributed by atoms with E-state index in [1.54, 1.807) is 0 Å². The highest BCUT2D eigenvalue weighted by atomic mass is 14.9. The van der Waals surface area contributed by atoms with Gasteiger partial charge in [0.05, 0.1) is 0 Å². The Labute approximate surface area is 56.5 Å². The van der Waals surface area contributed by atoms with Crippen molar-refractivity contribution in [3.05, 3.63) is 23.4 Å². The normalized spacial score (nSPS) is 26.3. The first-order valence-corrected chi connectivity index (χ1v) is 3.32. The Morgan fingerprint density at radius 1 is 1.33 bits per heavy atom. The molecule has 0 fully saturated rings. The van der Waals surface area contributed by atoms with Gasteiger partial charge in [-0.2, -0.15) is 0 Å². The van der Waals surface area contributed by atoms with E-state index in [1.165, 1.54) is 11.1 Å². The largest absolute Gasteiger partial charge is 0.385 e. The van der Waals surface area contributed by atoms with E-state index in [0.717, 1.165) is 0 Å². The van der Waals surface area contributed by atoms with Gasteiger partial charge in [0.15, 0.2) is 0 Å². The molecule has 1 aliphatic heterocycles. The summed E-state index contributed by atoms with van der Waals surface area (Å²) in [5, 5.41) is 3.22. The molecule has 1 aliphatic rings. The summed E-state index contributed by atoms with van der Waals surface area (Å²) < 4.78 is 0. The zero-order valence-corrected chi connectivity index (χ0v) is 6.23. The van der Waals surface area contributed by atoms with Gasteiger partial charge in [-0.05, 0) is 31.9 Å². The monoisotopic (exact) mass is 123 g/mol. The summed E-state index contributed by atoms with van der Waals surface area (Å²) >= 11 is 0. The molecule has 0 amide bonds. The highest BCUT2D eigenvalue weighted by Gasteiger charge is 2.02. The Kier molecular flexibility index (Phi) is 1.60. The van der Waals surface area contributed by atoms with E-state index in [2.05, 4.69) is 38.4 Å². The molecular formula is C8H13N. The Morgan fingerprint density at radius 2 is 2.00 bits per heavy atom. The van der Waals surface area contributed by atoms with Crippen molar-refractivity contribution >= 4 is 0 Å². The van der Waals surface area contributed by atoms with Crippen LogP contribution in [0.1, 0.15) is 20.8 Å². The second-order valence-electron chi connectivity index (χ2n) is 2.63. The average Bonchev–Trinajstić information content (AvgIpc) is 1.80. The first kappa shape index (κ1) is 6.40. The third kappa shape index (κ3) is 1.35. The van der Waals surface area contributed by atoms with Crippen molar-refractivity contribution < 1.29 is 0 Å². The smallest absolute Gasteiger partial charge is 0.0416 e. The minimum absolute atomic E-state index is 0.508. The molecule has 1 unspecified atom stereocenters. The maximum Gasteiger partial charge on any atom is 0.0416 e. The first-order chi connectivity index (χ1) is 4.20. The molecule has 1 heterocycles. The Morgan fingerprint density at radius 3 is 2.44 bits per heavy atom. The van der Waals surface area contributed by atoms with Gasteiger partial charge < -0.3 is 5.32 Å². The third-order valence-electron chi connectivity index (χ3n) is 1.68. The fraction of sp³-hybridized carbons (Fsp3) is 0.500. The first-order valence-electron chi connectivity index (χ1n) is 3.32. The molecule has 9 heavy (non-hydrogen) atoms. The Balaban J connectivity index is 2.75. The van der Waals surface area contributed by atoms with Crippen molar-refractivity contribution in [1.82, 2.24) is 5.32 Å². The molecule has 1 N–H and O–H groups in total. The number of hydrogen-bond donors (Lipinski definition) is 1. The van der Waals surface area contributed by atoms with Crippen LogP contribution in [-0.4, -0.2) is 6.04 Å². The van der Waals surface area contributed by atoms with Crippen LogP contribution in [0.3, 0.4) is 0 Å². The molecule has 1 nitrogen and oxygen atoms in total. The van der Waals surface area contributed by atoms with Crippen molar-refractivity contribution in [1.29, 1.82) is 0 Å². The summed E-state index contributed by atoms with van der Waals surface area (Å²) in [4.78, 5) is 0. The molecule has 0 spiro atoms. The zero-order chi connectivity index (χ0) is 6.85. The number of hydrogen-bond acceptors (Lipinski definition) is 1. The predicted molar refractivity (Wildman–Crippen MR) is 40.1 cm³/mol. The van der Waals surface area contributed by atoms with Crippen LogP contribution in [0.5, 0.6) is 0 Å². The third-order valence-corrected chi connectivity index (χ3v) is 1.68. The highest BCUT2D eigenvalue weighted by Crippen LogP contribution is 2.11. The van der Waals surface area contributed by atoms with Gasteiger partial charge in [-0.15, -0.1) is 0 Å². The molecule has 1 heteroatoms. The maximum absolute atomic E-state index is 3.22. The summed E-state index contributed by atoms with van der Waals surface area (Å²) in [6, 6.07) is 0.508. The summed E-state index contributed by atoms with van der Waals surface area (Å²) in [5.41, 5.74) is 2.73. The van der Waals surface area contributed by atoms with Gasteiger partial charge in [0.25, 0.3) is 0 Å². The van der Waals surface area contributed by atoms with Gasteiger partial charge in [-0.3, -0.25) is 0 Å². The van der Waals surface area contributed by atoms with Crippen LogP contribution < -0.4 is 5.32 Å². The average molecular weight is 123 g/mol. The van der Waals surface area contributed by atoms with Crippen LogP contribution in [0, 0.1) is 0 Å². The SMILES string of the molecule is CC1=CNC(C)C=C1C. The van der Waals surface area contributed by atoms with Crippen LogP contribution >= 0.6 is 0 Å². The molecular weight excluding hydrogens is 110 g/mol. The van der Waals surface area contributed by atoms with Gasteiger partial charge >= 0.3 is 0 Å². The van der Waals surface area contributed by atoms with Crippen molar-refractivity contribution in [3.8, 4) is 0 Å². The van der Waals surface area contributed by atoms with Crippen LogP contribution in [0.2, 0.25) is 0 Å². The van der Waals surface area contributed by atoms with E-state index < -0.39 is 0 Å². The second kappa shape index (κ2) is 2.26. The van der Waals surface area contributed by atoms with Crippen molar-refractivity contribution in [2.75, 3.05) is 0 Å². The molecule has 1 atom stereocenters. The Bertz CT molecular complexity index is 165. The molecule has 1 rings (SSSR count). The Hall–Kier alpha value is -0.720. The highest BCUT2D eigenvalue weighted by molar-refractivity contribution is 5.30. The lowest BCUT2D eigenvalue weighted by molar-refractivity contribution is 0.744. The lowest BCUT2D eigenvalue weighted by atomic mass is 10.1. The predicted octanol–water partition coefficient (Wildman–Crippen LogP) is 1.83. The number of dihydropyridines is 1. The summed E-state index contributed by atoms with van der Waals surface area (Å²) in [6.45, 7) is 6.40. The van der Waals surface area contributed by atoms with Crippen LogP contribution in [0.25, 0.3) is 0 Å². The molecule has 0 bridgehead atoms. The topological polar surface area (TPSA) is 12.0 Å². The fourth-order valence-corrected chi connectivity index (χ4v) is 0.925. The summed E-state index contributed by atoms with van der Waals surface area (Å²) in [6.07, 6.45) is 4.30. The van der Waals surface area contributed by atoms with Gasteiger partial charge in [0, 0.05) is 12.2 Å². The molecule has 0 saturated carbocycles. The van der Waals surface area contributed by atoms with Crippen molar-refractivity contribution in [2.24, 2.45) is 0 Å². The zero-order valence-electron chi connectivity index (χ0n) is 6.23. The molecule has 0 aromatic rings. The molecule has 0 aromatic carbocycles. The van der Waals surface area contributed by atoms with E-state index in [-0.39, 0.29) is 0 Å². The van der Waals surface area contributed by atoms with Gasteiger partial charge in [0.2, 0.25) is 0 Å². The summed E-state index contributed by atoms with van der Waals surface area (Å²) in [5.74, 6) is 0. The lowest BCUT2D eigenvalue weighted by Crippen LogP contribution is -2.21. The van der Waals surface area contributed by atoms with Gasteiger partial charge in [-0.25, -0.2) is 0 Å². The lowest BCUT2D eigenvalue weighted by Gasteiger charge is -2.15. The molecule has 50 valence electrons. The molecule has 0 aliphatic carbocycles. The maximum atomic E-state index is 3.22. The van der Waals surface area contributed by atoms with Crippen LogP contribution in [0.4, 0.5) is 0 Å². The standard InChI is InChI=1S/C8H13N/c1-6-4-8(3)9-5-7(6)2/h4-5,8-9H,1-3H3. The minimum atomic E-state index is 0.508. The van der Waals surface area contributed by atoms with Crippen LogP contribution in [-0.2, 0) is 0 Å². The molecule has 0 aromatic heterocycles. The number of rotatable bonds is 0. The number of allylic oxidation sites excluding steroid dienone is 2. The van der Waals surface area contributed by atoms with E-state index in [4.69, 9.17) is 0 Å². The van der Waals surface area contributed by atoms with Gasteiger partial charge in [-0.1, -0.05) is 6.08 Å². The summed E-state index contributed by atoms with van der Waals surface area (Å²) in [7, 11) is 0. The quantitative estimate of drug-likeness (QED) is 0.518.